The SMILES string of the molecule is O=C1C[C@@H](c2ccccc2)Oc2c(I)cccc21. The number of ether oxygens (including phenoxy) is 1. The topological polar surface area (TPSA) is 26.3 Å². The van der Waals surface area contributed by atoms with Gasteiger partial charge in [0, 0.05) is 0 Å². The van der Waals surface area contributed by atoms with E-state index in [1.165, 1.54) is 0 Å². The van der Waals surface area contributed by atoms with Gasteiger partial charge in [0.05, 0.1) is 15.6 Å². The van der Waals surface area contributed by atoms with Crippen LogP contribution in [0.1, 0.15) is 28.4 Å². The molecule has 0 aromatic heterocycles. The molecular formula is C15H11IO2. The molecule has 0 unspecified atom stereocenters. The minimum absolute atomic E-state index is 0.156. The van der Waals surface area contributed by atoms with Gasteiger partial charge in [-0.2, -0.15) is 0 Å². The maximum absolute atomic E-state index is 12.1. The van der Waals surface area contributed by atoms with Gasteiger partial charge in [0.15, 0.2) is 5.78 Å². The maximum Gasteiger partial charge on any atom is 0.170 e. The zero-order valence-corrected chi connectivity index (χ0v) is 11.8. The number of benzene rings is 2. The van der Waals surface area contributed by atoms with Crippen molar-refractivity contribution in [1.82, 2.24) is 0 Å². The lowest BCUT2D eigenvalue weighted by Gasteiger charge is -2.26. The van der Waals surface area contributed by atoms with Crippen LogP contribution in [0.2, 0.25) is 0 Å². The molecule has 1 aliphatic rings. The number of Topliss-reactive ketones (excluding diaryl/α,β-unsaturated/α-hetero) is 1. The number of halogens is 1. The number of hydrogen-bond donors (Lipinski definition) is 0. The van der Waals surface area contributed by atoms with Crippen LogP contribution in [0.3, 0.4) is 0 Å². The summed E-state index contributed by atoms with van der Waals surface area (Å²) in [5.74, 6) is 0.881. The molecule has 2 aromatic rings. The van der Waals surface area contributed by atoms with Crippen molar-refractivity contribution in [2.45, 2.75) is 12.5 Å². The fraction of sp³-hybridized carbons (Fsp3) is 0.133. The molecule has 0 spiro atoms. The van der Waals surface area contributed by atoms with Gasteiger partial charge < -0.3 is 4.74 Å². The highest BCUT2D eigenvalue weighted by Gasteiger charge is 2.28. The fourth-order valence-electron chi connectivity index (χ4n) is 2.16. The molecule has 3 rings (SSSR count). The zero-order chi connectivity index (χ0) is 12.5. The van der Waals surface area contributed by atoms with Crippen molar-refractivity contribution in [3.8, 4) is 5.75 Å². The molecule has 18 heavy (non-hydrogen) atoms. The number of hydrogen-bond acceptors (Lipinski definition) is 2. The van der Waals surface area contributed by atoms with Crippen LogP contribution in [-0.4, -0.2) is 5.78 Å². The van der Waals surface area contributed by atoms with Crippen molar-refractivity contribution in [3.63, 3.8) is 0 Å². The van der Waals surface area contributed by atoms with Crippen LogP contribution in [0.5, 0.6) is 5.75 Å². The summed E-state index contributed by atoms with van der Waals surface area (Å²) in [6.07, 6.45) is 0.249. The molecule has 0 saturated carbocycles. The second-order valence-electron chi connectivity index (χ2n) is 4.26. The van der Waals surface area contributed by atoms with Gasteiger partial charge >= 0.3 is 0 Å². The summed E-state index contributed by atoms with van der Waals surface area (Å²) in [4.78, 5) is 12.1. The average Bonchev–Trinajstić information content (AvgIpc) is 2.41. The Labute approximate surface area is 119 Å². The Kier molecular flexibility index (Phi) is 3.07. The second kappa shape index (κ2) is 4.72. The number of ketones is 1. The highest BCUT2D eigenvalue weighted by atomic mass is 127. The first kappa shape index (κ1) is 11.7. The van der Waals surface area contributed by atoms with E-state index in [2.05, 4.69) is 22.6 Å². The van der Waals surface area contributed by atoms with Crippen molar-refractivity contribution in [2.24, 2.45) is 0 Å². The number of para-hydroxylation sites is 1. The molecule has 1 atom stereocenters. The predicted octanol–water partition coefficient (Wildman–Crippen LogP) is 4.00. The van der Waals surface area contributed by atoms with Gasteiger partial charge in [0.2, 0.25) is 0 Å². The molecular weight excluding hydrogens is 339 g/mol. The summed E-state index contributed by atoms with van der Waals surface area (Å²) in [5.41, 5.74) is 1.75. The van der Waals surface area contributed by atoms with E-state index < -0.39 is 0 Å². The smallest absolute Gasteiger partial charge is 0.170 e. The van der Waals surface area contributed by atoms with Crippen molar-refractivity contribution in [2.75, 3.05) is 0 Å². The van der Waals surface area contributed by atoms with Gasteiger partial charge in [-0.15, -0.1) is 0 Å². The lowest BCUT2D eigenvalue weighted by atomic mass is 9.96. The molecule has 2 nitrogen and oxygen atoms in total. The molecule has 0 fully saturated rings. The largest absolute Gasteiger partial charge is 0.483 e. The Bertz CT molecular complexity index is 593. The van der Waals surface area contributed by atoms with Gasteiger partial charge in [-0.3, -0.25) is 4.79 Å². The summed E-state index contributed by atoms with van der Waals surface area (Å²) in [7, 11) is 0. The standard InChI is InChI=1S/C15H11IO2/c16-12-8-4-7-11-13(17)9-14(18-15(11)12)10-5-2-1-3-6-10/h1-8,14H,9H2/t14-/m0/s1. The van der Waals surface area contributed by atoms with Gasteiger partial charge in [-0.1, -0.05) is 36.4 Å². The van der Waals surface area contributed by atoms with Crippen LogP contribution in [0, 0.1) is 3.57 Å². The summed E-state index contributed by atoms with van der Waals surface area (Å²) in [6, 6.07) is 15.6. The third-order valence-corrected chi connectivity index (χ3v) is 3.92. The summed E-state index contributed by atoms with van der Waals surface area (Å²) >= 11 is 2.21. The first-order chi connectivity index (χ1) is 8.75. The Morgan fingerprint density at radius 1 is 1.06 bits per heavy atom. The predicted molar refractivity (Wildman–Crippen MR) is 77.9 cm³/mol. The third-order valence-electron chi connectivity index (χ3n) is 3.07. The molecule has 0 bridgehead atoms. The van der Waals surface area contributed by atoms with Crippen LogP contribution < -0.4 is 4.74 Å². The maximum atomic E-state index is 12.1. The van der Waals surface area contributed by atoms with E-state index in [1.807, 2.05) is 48.5 Å². The molecule has 0 amide bonds. The Balaban J connectivity index is 2.01. The van der Waals surface area contributed by atoms with E-state index in [0.29, 0.717) is 12.0 Å². The third kappa shape index (κ3) is 2.03. The molecule has 0 aliphatic carbocycles. The van der Waals surface area contributed by atoms with Crippen LogP contribution in [0.15, 0.2) is 48.5 Å². The van der Waals surface area contributed by atoms with E-state index in [9.17, 15) is 4.79 Å². The normalized spacial score (nSPS) is 18.1. The monoisotopic (exact) mass is 350 g/mol. The van der Waals surface area contributed by atoms with Crippen molar-refractivity contribution >= 4 is 28.4 Å². The Morgan fingerprint density at radius 3 is 2.61 bits per heavy atom. The van der Waals surface area contributed by atoms with Crippen molar-refractivity contribution in [3.05, 3.63) is 63.2 Å². The van der Waals surface area contributed by atoms with Crippen molar-refractivity contribution < 1.29 is 9.53 Å². The van der Waals surface area contributed by atoms with Crippen LogP contribution in [0.25, 0.3) is 0 Å². The van der Waals surface area contributed by atoms with E-state index in [4.69, 9.17) is 4.74 Å². The molecule has 0 radical (unpaired) electrons. The zero-order valence-electron chi connectivity index (χ0n) is 9.60. The van der Waals surface area contributed by atoms with Crippen LogP contribution in [0.4, 0.5) is 0 Å². The lowest BCUT2D eigenvalue weighted by molar-refractivity contribution is 0.0848. The lowest BCUT2D eigenvalue weighted by Crippen LogP contribution is -2.21. The summed E-state index contributed by atoms with van der Waals surface area (Å²) in [6.45, 7) is 0. The van der Waals surface area contributed by atoms with E-state index in [1.54, 1.807) is 0 Å². The van der Waals surface area contributed by atoms with Gasteiger partial charge in [0.25, 0.3) is 0 Å². The number of rotatable bonds is 1. The highest BCUT2D eigenvalue weighted by molar-refractivity contribution is 14.1. The minimum atomic E-state index is -0.165. The molecule has 1 aliphatic heterocycles. The van der Waals surface area contributed by atoms with Crippen LogP contribution in [-0.2, 0) is 0 Å². The van der Waals surface area contributed by atoms with E-state index in [0.717, 1.165) is 14.9 Å². The number of carbonyl (C=O) groups is 1. The van der Waals surface area contributed by atoms with E-state index >= 15 is 0 Å². The first-order valence-electron chi connectivity index (χ1n) is 5.79. The molecule has 0 N–H and O–H groups in total. The Hall–Kier alpha value is -1.36. The molecule has 0 saturated heterocycles. The Morgan fingerprint density at radius 2 is 1.83 bits per heavy atom. The summed E-state index contributed by atoms with van der Waals surface area (Å²) < 4.78 is 6.98. The van der Waals surface area contributed by atoms with Gasteiger partial charge in [0.1, 0.15) is 11.9 Å². The first-order valence-corrected chi connectivity index (χ1v) is 6.87. The average molecular weight is 350 g/mol. The van der Waals surface area contributed by atoms with Gasteiger partial charge in [-0.25, -0.2) is 0 Å². The highest BCUT2D eigenvalue weighted by Crippen LogP contribution is 2.37. The fourth-order valence-corrected chi connectivity index (χ4v) is 2.79. The minimum Gasteiger partial charge on any atom is -0.483 e. The summed E-state index contributed by atoms with van der Waals surface area (Å²) in [5, 5.41) is 0. The van der Waals surface area contributed by atoms with Crippen LogP contribution >= 0.6 is 22.6 Å². The second-order valence-corrected chi connectivity index (χ2v) is 5.42. The molecule has 3 heteroatoms. The number of fused-ring (bicyclic) bond motifs is 1. The molecule has 1 heterocycles. The molecule has 90 valence electrons. The van der Waals surface area contributed by atoms with Gasteiger partial charge in [-0.05, 0) is 40.3 Å². The number of carbonyl (C=O) groups excluding carboxylic acids is 1. The van der Waals surface area contributed by atoms with Crippen molar-refractivity contribution in [1.29, 1.82) is 0 Å². The molecule has 2 aromatic carbocycles. The quantitative estimate of drug-likeness (QED) is 0.727. The van der Waals surface area contributed by atoms with E-state index in [-0.39, 0.29) is 11.9 Å².